The zero-order valence-electron chi connectivity index (χ0n) is 9.03. The van der Waals surface area contributed by atoms with Gasteiger partial charge in [0.1, 0.15) is 11.6 Å². The van der Waals surface area contributed by atoms with E-state index in [0.717, 1.165) is 25.7 Å². The van der Waals surface area contributed by atoms with Gasteiger partial charge in [0.2, 0.25) is 0 Å². The minimum atomic E-state index is -0.347. The van der Waals surface area contributed by atoms with Crippen molar-refractivity contribution in [3.63, 3.8) is 0 Å². The lowest BCUT2D eigenvalue weighted by Gasteiger charge is -2.26. The first-order valence-corrected chi connectivity index (χ1v) is 5.55. The third-order valence-corrected chi connectivity index (χ3v) is 2.91. The van der Waals surface area contributed by atoms with Crippen LogP contribution < -0.4 is 10.5 Å². The average Bonchev–Trinajstić information content (AvgIpc) is 2.27. The van der Waals surface area contributed by atoms with E-state index in [1.807, 2.05) is 0 Å². The van der Waals surface area contributed by atoms with E-state index in [2.05, 4.69) is 0 Å². The van der Waals surface area contributed by atoms with Crippen molar-refractivity contribution in [1.29, 1.82) is 0 Å². The van der Waals surface area contributed by atoms with Crippen LogP contribution in [0, 0.1) is 5.82 Å². The zero-order chi connectivity index (χ0) is 11.5. The van der Waals surface area contributed by atoms with Crippen molar-refractivity contribution in [3.05, 3.63) is 24.0 Å². The first-order valence-electron chi connectivity index (χ1n) is 5.55. The molecule has 88 valence electrons. The Balaban J connectivity index is 2.00. The molecule has 1 aromatic rings. The van der Waals surface area contributed by atoms with Gasteiger partial charge in [0, 0.05) is 6.07 Å². The highest BCUT2D eigenvalue weighted by Gasteiger charge is 2.21. The molecule has 0 amide bonds. The molecule has 3 nitrogen and oxygen atoms in total. The summed E-state index contributed by atoms with van der Waals surface area (Å²) in [6.07, 6.45) is 2.87. The van der Waals surface area contributed by atoms with Gasteiger partial charge in [-0.15, -0.1) is 0 Å². The maximum Gasteiger partial charge on any atom is 0.145 e. The number of nitrogens with two attached hydrogens (primary N) is 1. The summed E-state index contributed by atoms with van der Waals surface area (Å²) in [5.74, 6) is 0.0569. The van der Waals surface area contributed by atoms with Gasteiger partial charge in [-0.1, -0.05) is 0 Å². The smallest absolute Gasteiger partial charge is 0.145 e. The lowest BCUT2D eigenvalue weighted by molar-refractivity contribution is 0.0668. The van der Waals surface area contributed by atoms with Crippen LogP contribution in [0.15, 0.2) is 18.2 Å². The summed E-state index contributed by atoms with van der Waals surface area (Å²) in [7, 11) is 0. The molecule has 1 aromatic carbocycles. The first kappa shape index (κ1) is 11.2. The van der Waals surface area contributed by atoms with Gasteiger partial charge in [-0.25, -0.2) is 4.39 Å². The molecule has 0 saturated heterocycles. The second-order valence-corrected chi connectivity index (χ2v) is 4.23. The molecule has 3 N–H and O–H groups in total. The van der Waals surface area contributed by atoms with Crippen molar-refractivity contribution >= 4 is 5.69 Å². The van der Waals surface area contributed by atoms with Gasteiger partial charge in [-0.3, -0.25) is 0 Å². The summed E-state index contributed by atoms with van der Waals surface area (Å²) in [5.41, 5.74) is 6.14. The molecule has 0 aromatic heterocycles. The first-order chi connectivity index (χ1) is 7.65. The second kappa shape index (κ2) is 4.70. The van der Waals surface area contributed by atoms with Crippen LogP contribution in [0.3, 0.4) is 0 Å². The third kappa shape index (κ3) is 2.64. The van der Waals surface area contributed by atoms with E-state index in [-0.39, 0.29) is 18.0 Å². The Bertz CT molecular complexity index is 362. The number of anilines is 1. The minimum absolute atomic E-state index is 0.0347. The van der Waals surface area contributed by atoms with Gasteiger partial charge >= 0.3 is 0 Å². The van der Waals surface area contributed by atoms with Crippen LogP contribution in [0.25, 0.3) is 0 Å². The molecule has 0 spiro atoms. The number of halogens is 1. The van der Waals surface area contributed by atoms with E-state index in [1.54, 1.807) is 0 Å². The van der Waals surface area contributed by atoms with Crippen LogP contribution in [-0.4, -0.2) is 17.3 Å². The van der Waals surface area contributed by atoms with Gasteiger partial charge in [-0.05, 0) is 37.8 Å². The molecule has 1 aliphatic carbocycles. The Labute approximate surface area is 94.0 Å². The van der Waals surface area contributed by atoms with E-state index in [0.29, 0.717) is 11.4 Å². The van der Waals surface area contributed by atoms with E-state index in [1.165, 1.54) is 18.2 Å². The highest BCUT2D eigenvalue weighted by Crippen LogP contribution is 2.28. The van der Waals surface area contributed by atoms with Gasteiger partial charge in [-0.2, -0.15) is 0 Å². The molecular formula is C12H16FNO2. The fourth-order valence-electron chi connectivity index (χ4n) is 1.95. The molecule has 1 saturated carbocycles. The zero-order valence-corrected chi connectivity index (χ0v) is 9.03. The lowest BCUT2D eigenvalue weighted by Crippen LogP contribution is -2.26. The summed E-state index contributed by atoms with van der Waals surface area (Å²) < 4.78 is 18.6. The fourth-order valence-corrected chi connectivity index (χ4v) is 1.95. The number of aliphatic hydroxyl groups is 1. The number of aliphatic hydroxyl groups excluding tert-OH is 1. The molecule has 4 heteroatoms. The fraction of sp³-hybridized carbons (Fsp3) is 0.500. The summed E-state index contributed by atoms with van der Waals surface area (Å²) >= 11 is 0. The SMILES string of the molecule is Nc1ccc(F)cc1O[C@H]1CC[C@@H](O)CC1. The average molecular weight is 225 g/mol. The molecule has 1 aliphatic rings. The van der Waals surface area contributed by atoms with Crippen molar-refractivity contribution in [2.24, 2.45) is 0 Å². The van der Waals surface area contributed by atoms with Crippen LogP contribution in [0.2, 0.25) is 0 Å². The standard InChI is InChI=1S/C12H16FNO2/c13-8-1-6-11(14)12(7-8)16-10-4-2-9(15)3-5-10/h1,6-7,9-10,15H,2-5,14H2/t9-,10+. The molecule has 0 radical (unpaired) electrons. The number of ether oxygens (including phenoxy) is 1. The van der Waals surface area contributed by atoms with E-state index in [4.69, 9.17) is 10.5 Å². The number of benzene rings is 1. The Morgan fingerprint density at radius 3 is 2.62 bits per heavy atom. The van der Waals surface area contributed by atoms with E-state index < -0.39 is 0 Å². The van der Waals surface area contributed by atoms with Crippen molar-refractivity contribution in [2.45, 2.75) is 37.9 Å². The normalized spacial score (nSPS) is 25.4. The Morgan fingerprint density at radius 1 is 1.25 bits per heavy atom. The summed E-state index contributed by atoms with van der Waals surface area (Å²) in [4.78, 5) is 0. The monoisotopic (exact) mass is 225 g/mol. The molecule has 0 aliphatic heterocycles. The lowest BCUT2D eigenvalue weighted by atomic mass is 9.95. The molecule has 0 unspecified atom stereocenters. The van der Waals surface area contributed by atoms with Crippen molar-refractivity contribution in [2.75, 3.05) is 5.73 Å². The molecule has 0 heterocycles. The summed E-state index contributed by atoms with van der Waals surface area (Å²) in [5, 5.41) is 9.35. The number of rotatable bonds is 2. The van der Waals surface area contributed by atoms with Crippen molar-refractivity contribution < 1.29 is 14.2 Å². The minimum Gasteiger partial charge on any atom is -0.488 e. The quantitative estimate of drug-likeness (QED) is 0.758. The molecular weight excluding hydrogens is 209 g/mol. The van der Waals surface area contributed by atoms with Gasteiger partial charge < -0.3 is 15.6 Å². The second-order valence-electron chi connectivity index (χ2n) is 4.23. The highest BCUT2D eigenvalue weighted by molar-refractivity contribution is 5.52. The third-order valence-electron chi connectivity index (χ3n) is 2.91. The summed E-state index contributed by atoms with van der Waals surface area (Å²) in [6.45, 7) is 0. The van der Waals surface area contributed by atoms with Crippen LogP contribution in [0.4, 0.5) is 10.1 Å². The molecule has 0 bridgehead atoms. The van der Waals surface area contributed by atoms with Gasteiger partial charge in [0.15, 0.2) is 0 Å². The highest BCUT2D eigenvalue weighted by atomic mass is 19.1. The Hall–Kier alpha value is -1.29. The molecule has 16 heavy (non-hydrogen) atoms. The van der Waals surface area contributed by atoms with E-state index in [9.17, 15) is 9.50 Å². The Morgan fingerprint density at radius 2 is 1.94 bits per heavy atom. The molecule has 0 atom stereocenters. The van der Waals surface area contributed by atoms with Crippen LogP contribution in [-0.2, 0) is 0 Å². The molecule has 2 rings (SSSR count). The van der Waals surface area contributed by atoms with E-state index >= 15 is 0 Å². The van der Waals surface area contributed by atoms with Crippen LogP contribution >= 0.6 is 0 Å². The predicted molar refractivity (Wildman–Crippen MR) is 59.7 cm³/mol. The van der Waals surface area contributed by atoms with Crippen LogP contribution in [0.1, 0.15) is 25.7 Å². The number of nitrogen functional groups attached to an aromatic ring is 1. The largest absolute Gasteiger partial charge is 0.488 e. The Kier molecular flexibility index (Phi) is 3.29. The van der Waals surface area contributed by atoms with Crippen molar-refractivity contribution in [3.8, 4) is 5.75 Å². The van der Waals surface area contributed by atoms with Crippen molar-refractivity contribution in [1.82, 2.24) is 0 Å². The topological polar surface area (TPSA) is 55.5 Å². The van der Waals surface area contributed by atoms with Gasteiger partial charge in [0.05, 0.1) is 17.9 Å². The maximum absolute atomic E-state index is 13.0. The summed E-state index contributed by atoms with van der Waals surface area (Å²) in [6, 6.07) is 4.12. The maximum atomic E-state index is 13.0. The number of hydrogen-bond donors (Lipinski definition) is 2. The molecule has 1 fully saturated rings. The number of hydrogen-bond acceptors (Lipinski definition) is 3. The van der Waals surface area contributed by atoms with Gasteiger partial charge in [0.25, 0.3) is 0 Å². The predicted octanol–water partition coefficient (Wildman–Crippen LogP) is 2.09. The van der Waals surface area contributed by atoms with Crippen LogP contribution in [0.5, 0.6) is 5.75 Å².